The van der Waals surface area contributed by atoms with Crippen LogP contribution in [-0.4, -0.2) is 56.2 Å². The highest BCUT2D eigenvalue weighted by atomic mass is 16.2. The average molecular weight is 332 g/mol. The zero-order valence-corrected chi connectivity index (χ0v) is 15.8. The van der Waals surface area contributed by atoms with E-state index in [0.717, 1.165) is 39.3 Å². The molecule has 1 saturated heterocycles. The van der Waals surface area contributed by atoms with Gasteiger partial charge in [0.2, 0.25) is 0 Å². The van der Waals surface area contributed by atoms with E-state index in [-0.39, 0.29) is 12.1 Å². The van der Waals surface area contributed by atoms with Gasteiger partial charge in [-0.15, -0.1) is 0 Å². The molecule has 1 fully saturated rings. The van der Waals surface area contributed by atoms with E-state index in [9.17, 15) is 4.79 Å². The fourth-order valence-electron chi connectivity index (χ4n) is 3.27. The number of amides is 2. The van der Waals surface area contributed by atoms with Crippen molar-refractivity contribution in [2.75, 3.05) is 49.1 Å². The molecule has 0 saturated carbocycles. The van der Waals surface area contributed by atoms with Crippen molar-refractivity contribution in [2.24, 2.45) is 0 Å². The summed E-state index contributed by atoms with van der Waals surface area (Å²) in [5, 5.41) is 2.97. The molecule has 5 nitrogen and oxygen atoms in total. The van der Waals surface area contributed by atoms with E-state index in [2.05, 4.69) is 54.1 Å². The number of rotatable bonds is 5. The van der Waals surface area contributed by atoms with Crippen LogP contribution >= 0.6 is 0 Å². The molecule has 2 amide bonds. The molecule has 5 heteroatoms. The van der Waals surface area contributed by atoms with Crippen LogP contribution in [0.3, 0.4) is 0 Å². The lowest BCUT2D eigenvalue weighted by Crippen LogP contribution is -2.53. The molecule has 24 heavy (non-hydrogen) atoms. The molecule has 1 aromatic rings. The number of carbonyl (C=O) groups excluding carboxylic acids is 1. The zero-order chi connectivity index (χ0) is 17.7. The highest BCUT2D eigenvalue weighted by Crippen LogP contribution is 2.26. The lowest BCUT2D eigenvalue weighted by Gasteiger charge is -2.37. The molecule has 1 heterocycles. The lowest BCUT2D eigenvalue weighted by molar-refractivity contribution is 0.192. The minimum Gasteiger partial charge on any atom is -0.372 e. The highest BCUT2D eigenvalue weighted by Gasteiger charge is 2.22. The summed E-state index contributed by atoms with van der Waals surface area (Å²) in [5.74, 6) is 0. The first kappa shape index (κ1) is 18.4. The predicted molar refractivity (Wildman–Crippen MR) is 102 cm³/mol. The Bertz CT molecular complexity index is 546. The summed E-state index contributed by atoms with van der Waals surface area (Å²) in [5.41, 5.74) is 3.88. The molecular weight excluding hydrogens is 300 g/mol. The van der Waals surface area contributed by atoms with Gasteiger partial charge in [-0.25, -0.2) is 4.79 Å². The van der Waals surface area contributed by atoms with Crippen molar-refractivity contribution in [1.29, 1.82) is 0 Å². The molecule has 0 atom stereocenters. The van der Waals surface area contributed by atoms with E-state index in [1.165, 1.54) is 16.9 Å². The Kier molecular flexibility index (Phi) is 6.35. The Morgan fingerprint density at radius 3 is 2.29 bits per heavy atom. The third kappa shape index (κ3) is 4.34. The van der Waals surface area contributed by atoms with Gasteiger partial charge in [0, 0.05) is 56.7 Å². The smallest absolute Gasteiger partial charge is 0.317 e. The second-order valence-electron chi connectivity index (χ2n) is 6.72. The van der Waals surface area contributed by atoms with E-state index < -0.39 is 0 Å². The van der Waals surface area contributed by atoms with Crippen LogP contribution in [0.15, 0.2) is 18.2 Å². The van der Waals surface area contributed by atoms with Gasteiger partial charge in [-0.2, -0.15) is 0 Å². The molecule has 0 aliphatic carbocycles. The van der Waals surface area contributed by atoms with Gasteiger partial charge in [-0.1, -0.05) is 0 Å². The number of piperazine rings is 1. The first-order valence-electron chi connectivity index (χ1n) is 9.12. The Labute approximate surface area is 146 Å². The van der Waals surface area contributed by atoms with Gasteiger partial charge < -0.3 is 20.0 Å². The Hall–Kier alpha value is -1.91. The number of carbonyl (C=O) groups is 1. The third-order valence-corrected chi connectivity index (χ3v) is 4.63. The van der Waals surface area contributed by atoms with Gasteiger partial charge in [0.1, 0.15) is 0 Å². The summed E-state index contributed by atoms with van der Waals surface area (Å²) in [6.45, 7) is 15.9. The fourth-order valence-corrected chi connectivity index (χ4v) is 3.27. The summed E-state index contributed by atoms with van der Waals surface area (Å²) in [6.07, 6.45) is 0. The molecular formula is C19H32N4O. The zero-order valence-electron chi connectivity index (χ0n) is 15.8. The lowest BCUT2D eigenvalue weighted by atomic mass is 10.1. The van der Waals surface area contributed by atoms with Crippen LogP contribution in [0.5, 0.6) is 0 Å². The van der Waals surface area contributed by atoms with Gasteiger partial charge in [0.15, 0.2) is 0 Å². The van der Waals surface area contributed by atoms with Crippen molar-refractivity contribution < 1.29 is 4.79 Å². The molecule has 1 aliphatic heterocycles. The normalized spacial score (nSPS) is 14.9. The van der Waals surface area contributed by atoms with Crippen molar-refractivity contribution in [2.45, 2.75) is 40.7 Å². The number of urea groups is 1. The van der Waals surface area contributed by atoms with E-state index in [0.29, 0.717) is 0 Å². The van der Waals surface area contributed by atoms with Crippen molar-refractivity contribution in [1.82, 2.24) is 10.2 Å². The van der Waals surface area contributed by atoms with Crippen LogP contribution in [-0.2, 0) is 0 Å². The number of anilines is 2. The number of hydrogen-bond acceptors (Lipinski definition) is 3. The van der Waals surface area contributed by atoms with Crippen LogP contribution < -0.4 is 15.1 Å². The number of nitrogens with zero attached hydrogens (tertiary/aromatic N) is 3. The van der Waals surface area contributed by atoms with Crippen molar-refractivity contribution >= 4 is 17.4 Å². The molecule has 0 spiro atoms. The average Bonchev–Trinajstić information content (AvgIpc) is 2.56. The predicted octanol–water partition coefficient (Wildman–Crippen LogP) is 3.08. The van der Waals surface area contributed by atoms with E-state index in [1.807, 2.05) is 18.7 Å². The van der Waals surface area contributed by atoms with Crippen molar-refractivity contribution in [3.05, 3.63) is 23.8 Å². The first-order valence-corrected chi connectivity index (χ1v) is 9.12. The number of hydrogen-bond donors (Lipinski definition) is 1. The molecule has 0 aromatic heterocycles. The summed E-state index contributed by atoms with van der Waals surface area (Å²) in [6, 6.07) is 6.96. The van der Waals surface area contributed by atoms with E-state index in [4.69, 9.17) is 0 Å². The van der Waals surface area contributed by atoms with Crippen molar-refractivity contribution in [3.8, 4) is 0 Å². The molecule has 2 rings (SSSR count). The minimum atomic E-state index is 0.0539. The van der Waals surface area contributed by atoms with Gasteiger partial charge in [-0.05, 0) is 58.4 Å². The number of nitrogens with one attached hydrogen (secondary N) is 1. The van der Waals surface area contributed by atoms with Gasteiger partial charge in [-0.3, -0.25) is 0 Å². The fraction of sp³-hybridized carbons (Fsp3) is 0.632. The minimum absolute atomic E-state index is 0.0539. The van der Waals surface area contributed by atoms with Crippen LogP contribution in [0, 0.1) is 6.92 Å². The largest absolute Gasteiger partial charge is 0.372 e. The molecule has 0 unspecified atom stereocenters. The molecule has 0 radical (unpaired) electrons. The van der Waals surface area contributed by atoms with Crippen LogP contribution in [0.25, 0.3) is 0 Å². The maximum atomic E-state index is 12.1. The van der Waals surface area contributed by atoms with E-state index in [1.54, 1.807) is 0 Å². The molecule has 0 bridgehead atoms. The Morgan fingerprint density at radius 1 is 1.17 bits per heavy atom. The van der Waals surface area contributed by atoms with Crippen LogP contribution in [0.4, 0.5) is 16.2 Å². The summed E-state index contributed by atoms with van der Waals surface area (Å²) in [7, 11) is 0. The number of aryl methyl sites for hydroxylation is 1. The first-order chi connectivity index (χ1) is 11.5. The maximum Gasteiger partial charge on any atom is 0.317 e. The van der Waals surface area contributed by atoms with Crippen LogP contribution in [0.1, 0.15) is 33.3 Å². The van der Waals surface area contributed by atoms with Gasteiger partial charge in [0.05, 0.1) is 0 Å². The standard InChI is InChI=1S/C19H32N4O/c1-6-21(7-2)17-8-9-18(16(5)14-17)22-10-12-23(13-11-22)19(24)20-15(3)4/h8-9,14-15H,6-7,10-13H2,1-5H3,(H,20,24). The summed E-state index contributed by atoms with van der Waals surface area (Å²) in [4.78, 5) is 18.8. The monoisotopic (exact) mass is 332 g/mol. The SMILES string of the molecule is CCN(CC)c1ccc(N2CCN(C(=O)NC(C)C)CC2)c(C)c1. The third-order valence-electron chi connectivity index (χ3n) is 4.63. The molecule has 1 aromatic carbocycles. The second kappa shape index (κ2) is 8.27. The highest BCUT2D eigenvalue weighted by molar-refractivity contribution is 5.75. The van der Waals surface area contributed by atoms with Crippen LogP contribution in [0.2, 0.25) is 0 Å². The second-order valence-corrected chi connectivity index (χ2v) is 6.72. The van der Waals surface area contributed by atoms with E-state index >= 15 is 0 Å². The molecule has 1 aliphatic rings. The van der Waals surface area contributed by atoms with Gasteiger partial charge in [0.25, 0.3) is 0 Å². The topological polar surface area (TPSA) is 38.8 Å². The maximum absolute atomic E-state index is 12.1. The Morgan fingerprint density at radius 2 is 1.79 bits per heavy atom. The summed E-state index contributed by atoms with van der Waals surface area (Å²) < 4.78 is 0. The Balaban J connectivity index is 2.00. The van der Waals surface area contributed by atoms with Gasteiger partial charge >= 0.3 is 6.03 Å². The quantitative estimate of drug-likeness (QED) is 0.900. The number of benzene rings is 1. The molecule has 134 valence electrons. The molecule has 1 N–H and O–H groups in total. The van der Waals surface area contributed by atoms with Crippen molar-refractivity contribution in [3.63, 3.8) is 0 Å². The summed E-state index contributed by atoms with van der Waals surface area (Å²) >= 11 is 0.